The van der Waals surface area contributed by atoms with Gasteiger partial charge in [-0.05, 0) is 31.4 Å². The number of rotatable bonds is 4. The second-order valence-electron chi connectivity index (χ2n) is 4.60. The van der Waals surface area contributed by atoms with Crippen molar-refractivity contribution in [1.82, 2.24) is 4.31 Å². The molecule has 0 radical (unpaired) electrons. The zero-order chi connectivity index (χ0) is 14.0. The standard InChI is InChI=1S/C12H18N2O2S3/c1-2-9-6-7-11(18-9)19(15,16)14-8-4-3-5-10(14)12(13)17/h6-7,10H,2-5,8H2,1H3,(H2,13,17). The number of nitrogens with two attached hydrogens (primary N) is 1. The van der Waals surface area contributed by atoms with Crippen LogP contribution in [-0.2, 0) is 16.4 Å². The van der Waals surface area contributed by atoms with Crippen LogP contribution < -0.4 is 5.73 Å². The van der Waals surface area contributed by atoms with E-state index in [0.717, 1.165) is 30.6 Å². The van der Waals surface area contributed by atoms with Crippen molar-refractivity contribution in [2.24, 2.45) is 5.73 Å². The lowest BCUT2D eigenvalue weighted by Gasteiger charge is -2.33. The molecule has 1 saturated heterocycles. The molecule has 1 aromatic heterocycles. The van der Waals surface area contributed by atoms with Gasteiger partial charge in [0.05, 0.1) is 11.0 Å². The first-order chi connectivity index (χ1) is 8.96. The van der Waals surface area contributed by atoms with Gasteiger partial charge in [0.2, 0.25) is 0 Å². The van der Waals surface area contributed by atoms with Crippen LogP contribution in [0.4, 0.5) is 0 Å². The summed E-state index contributed by atoms with van der Waals surface area (Å²) in [4.78, 5) is 1.35. The lowest BCUT2D eigenvalue weighted by atomic mass is 10.1. The Labute approximate surface area is 123 Å². The van der Waals surface area contributed by atoms with Crippen LogP contribution in [0.2, 0.25) is 0 Å². The fourth-order valence-electron chi connectivity index (χ4n) is 2.28. The molecule has 19 heavy (non-hydrogen) atoms. The van der Waals surface area contributed by atoms with E-state index in [0.29, 0.717) is 10.8 Å². The molecule has 7 heteroatoms. The van der Waals surface area contributed by atoms with Crippen LogP contribution in [-0.4, -0.2) is 30.3 Å². The summed E-state index contributed by atoms with van der Waals surface area (Å²) in [6.45, 7) is 2.52. The van der Waals surface area contributed by atoms with Crippen molar-refractivity contribution in [3.05, 3.63) is 17.0 Å². The summed E-state index contributed by atoms with van der Waals surface area (Å²) in [5, 5.41) is 0. The van der Waals surface area contributed by atoms with Gasteiger partial charge in [-0.2, -0.15) is 4.31 Å². The number of piperidine rings is 1. The number of hydrogen-bond acceptors (Lipinski definition) is 4. The SMILES string of the molecule is CCc1ccc(S(=O)(=O)N2CCCCC2C(N)=S)s1. The number of aryl methyl sites for hydroxylation is 1. The summed E-state index contributed by atoms with van der Waals surface area (Å²) in [7, 11) is -3.46. The molecule has 1 unspecified atom stereocenters. The first kappa shape index (κ1) is 14.9. The minimum Gasteiger partial charge on any atom is -0.392 e. The Bertz CT molecular complexity index is 565. The minimum atomic E-state index is -3.46. The highest BCUT2D eigenvalue weighted by Gasteiger charge is 2.35. The minimum absolute atomic E-state index is 0.274. The van der Waals surface area contributed by atoms with Gasteiger partial charge in [0, 0.05) is 11.4 Å². The van der Waals surface area contributed by atoms with Crippen LogP contribution >= 0.6 is 23.6 Å². The zero-order valence-corrected chi connectivity index (χ0v) is 13.3. The molecule has 0 saturated carbocycles. The van der Waals surface area contributed by atoms with Crippen molar-refractivity contribution >= 4 is 38.6 Å². The lowest BCUT2D eigenvalue weighted by molar-refractivity contribution is 0.307. The number of nitrogens with zero attached hydrogens (tertiary/aromatic N) is 1. The number of thiocarbonyl (C=S) groups is 1. The molecule has 4 nitrogen and oxygen atoms in total. The first-order valence-corrected chi connectivity index (χ1v) is 9.03. The zero-order valence-electron chi connectivity index (χ0n) is 10.8. The second kappa shape index (κ2) is 5.87. The van der Waals surface area contributed by atoms with Crippen LogP contribution in [0.15, 0.2) is 16.3 Å². The van der Waals surface area contributed by atoms with Gasteiger partial charge in [0.15, 0.2) is 0 Å². The number of sulfonamides is 1. The van der Waals surface area contributed by atoms with Gasteiger partial charge < -0.3 is 5.73 Å². The Morgan fingerprint density at radius 1 is 1.53 bits per heavy atom. The molecule has 0 aromatic carbocycles. The lowest BCUT2D eigenvalue weighted by Crippen LogP contribution is -2.49. The van der Waals surface area contributed by atoms with Gasteiger partial charge in [0.1, 0.15) is 4.21 Å². The molecule has 0 bridgehead atoms. The Morgan fingerprint density at radius 2 is 2.26 bits per heavy atom. The van der Waals surface area contributed by atoms with E-state index in [1.165, 1.54) is 15.6 Å². The molecule has 2 N–H and O–H groups in total. The van der Waals surface area contributed by atoms with Gasteiger partial charge in [-0.1, -0.05) is 25.6 Å². The maximum absolute atomic E-state index is 12.7. The van der Waals surface area contributed by atoms with Gasteiger partial charge in [-0.15, -0.1) is 11.3 Å². The largest absolute Gasteiger partial charge is 0.392 e. The van der Waals surface area contributed by atoms with Crippen molar-refractivity contribution in [1.29, 1.82) is 0 Å². The van der Waals surface area contributed by atoms with Gasteiger partial charge in [-0.3, -0.25) is 0 Å². The molecule has 1 aromatic rings. The highest BCUT2D eigenvalue weighted by molar-refractivity contribution is 7.91. The monoisotopic (exact) mass is 318 g/mol. The summed E-state index contributed by atoms with van der Waals surface area (Å²) < 4.78 is 27.2. The van der Waals surface area contributed by atoms with E-state index in [2.05, 4.69) is 0 Å². The van der Waals surface area contributed by atoms with Crippen LogP contribution in [0.3, 0.4) is 0 Å². The summed E-state index contributed by atoms with van der Waals surface area (Å²) in [6, 6.07) is 3.22. The summed E-state index contributed by atoms with van der Waals surface area (Å²) in [5.74, 6) is 0. The second-order valence-corrected chi connectivity index (χ2v) is 8.36. The molecule has 2 heterocycles. The summed E-state index contributed by atoms with van der Waals surface area (Å²) in [5.41, 5.74) is 5.69. The molecule has 2 rings (SSSR count). The summed E-state index contributed by atoms with van der Waals surface area (Å²) in [6.07, 6.45) is 3.41. The summed E-state index contributed by atoms with van der Waals surface area (Å²) >= 11 is 6.35. The molecule has 0 aliphatic carbocycles. The van der Waals surface area contributed by atoms with Crippen molar-refractivity contribution in [2.75, 3.05) is 6.54 Å². The highest BCUT2D eigenvalue weighted by atomic mass is 32.2. The van der Waals surface area contributed by atoms with E-state index in [4.69, 9.17) is 18.0 Å². The maximum Gasteiger partial charge on any atom is 0.253 e. The fourth-order valence-corrected chi connectivity index (χ4v) is 5.69. The van der Waals surface area contributed by atoms with E-state index in [-0.39, 0.29) is 11.0 Å². The van der Waals surface area contributed by atoms with Gasteiger partial charge in [-0.25, -0.2) is 8.42 Å². The van der Waals surface area contributed by atoms with Crippen LogP contribution in [0.5, 0.6) is 0 Å². The van der Waals surface area contributed by atoms with E-state index in [9.17, 15) is 8.42 Å². The van der Waals surface area contributed by atoms with Gasteiger partial charge >= 0.3 is 0 Å². The van der Waals surface area contributed by atoms with Crippen molar-refractivity contribution in [2.45, 2.75) is 42.9 Å². The molecular formula is C12H18N2O2S3. The number of hydrogen-bond donors (Lipinski definition) is 1. The third kappa shape index (κ3) is 2.99. The molecule has 1 aliphatic rings. The van der Waals surface area contributed by atoms with Crippen LogP contribution in [0, 0.1) is 0 Å². The molecule has 106 valence electrons. The maximum atomic E-state index is 12.7. The third-order valence-electron chi connectivity index (χ3n) is 3.33. The molecule has 0 amide bonds. The Kier molecular flexibility index (Phi) is 4.60. The normalized spacial score (nSPS) is 21.4. The Balaban J connectivity index is 2.34. The van der Waals surface area contributed by atoms with Gasteiger partial charge in [0.25, 0.3) is 10.0 Å². The number of thiophene rings is 1. The molecule has 1 fully saturated rings. The predicted molar refractivity (Wildman–Crippen MR) is 82.0 cm³/mol. The molecule has 0 spiro atoms. The third-order valence-corrected chi connectivity index (χ3v) is 7.21. The fraction of sp³-hybridized carbons (Fsp3) is 0.583. The first-order valence-electron chi connectivity index (χ1n) is 6.36. The predicted octanol–water partition coefficient (Wildman–Crippen LogP) is 2.14. The van der Waals surface area contributed by atoms with Crippen molar-refractivity contribution in [3.63, 3.8) is 0 Å². The topological polar surface area (TPSA) is 63.4 Å². The average molecular weight is 318 g/mol. The molecule has 1 atom stereocenters. The molecule has 1 aliphatic heterocycles. The Hall–Kier alpha value is -0.500. The molecular weight excluding hydrogens is 300 g/mol. The highest BCUT2D eigenvalue weighted by Crippen LogP contribution is 2.30. The van der Waals surface area contributed by atoms with E-state index >= 15 is 0 Å². The van der Waals surface area contributed by atoms with E-state index < -0.39 is 10.0 Å². The average Bonchev–Trinajstić information content (AvgIpc) is 2.88. The Morgan fingerprint density at radius 3 is 2.84 bits per heavy atom. The van der Waals surface area contributed by atoms with Crippen LogP contribution in [0.1, 0.15) is 31.1 Å². The van der Waals surface area contributed by atoms with E-state index in [1.807, 2.05) is 13.0 Å². The quantitative estimate of drug-likeness (QED) is 0.864. The van der Waals surface area contributed by atoms with Crippen molar-refractivity contribution < 1.29 is 8.42 Å². The van der Waals surface area contributed by atoms with Crippen molar-refractivity contribution in [3.8, 4) is 0 Å². The van der Waals surface area contributed by atoms with E-state index in [1.54, 1.807) is 6.07 Å². The smallest absolute Gasteiger partial charge is 0.253 e. The van der Waals surface area contributed by atoms with Crippen LogP contribution in [0.25, 0.3) is 0 Å².